The zero-order valence-corrected chi connectivity index (χ0v) is 12.7. The van der Waals surface area contributed by atoms with E-state index >= 15 is 0 Å². The molecule has 0 radical (unpaired) electrons. The maximum Gasteiger partial charge on any atom is 0.127 e. The SMILES string of the molecule is N#Cc1ccnc(NC2CCCN(c3ccccc3C#N)C2)c1. The first kappa shape index (κ1) is 14.9. The lowest BCUT2D eigenvalue weighted by Gasteiger charge is -2.35. The number of nitriles is 2. The van der Waals surface area contributed by atoms with Gasteiger partial charge in [-0.25, -0.2) is 4.98 Å². The summed E-state index contributed by atoms with van der Waals surface area (Å²) in [6.45, 7) is 1.76. The van der Waals surface area contributed by atoms with Crippen LogP contribution in [-0.4, -0.2) is 24.1 Å². The zero-order chi connectivity index (χ0) is 16.1. The van der Waals surface area contributed by atoms with Crippen molar-refractivity contribution in [2.24, 2.45) is 0 Å². The summed E-state index contributed by atoms with van der Waals surface area (Å²) in [5, 5.41) is 21.7. The maximum absolute atomic E-state index is 9.27. The fraction of sp³-hybridized carbons (Fsp3) is 0.278. The highest BCUT2D eigenvalue weighted by Crippen LogP contribution is 2.24. The van der Waals surface area contributed by atoms with Crippen LogP contribution in [0.5, 0.6) is 0 Å². The van der Waals surface area contributed by atoms with E-state index in [1.807, 2.05) is 24.3 Å². The molecule has 1 saturated heterocycles. The number of rotatable bonds is 3. The molecule has 3 rings (SSSR count). The Morgan fingerprint density at radius 2 is 2.04 bits per heavy atom. The first-order chi connectivity index (χ1) is 11.3. The van der Waals surface area contributed by atoms with Crippen molar-refractivity contribution in [1.29, 1.82) is 10.5 Å². The van der Waals surface area contributed by atoms with E-state index in [9.17, 15) is 5.26 Å². The molecule has 0 spiro atoms. The van der Waals surface area contributed by atoms with E-state index in [-0.39, 0.29) is 6.04 Å². The number of nitrogens with one attached hydrogen (secondary N) is 1. The minimum Gasteiger partial charge on any atom is -0.368 e. The Hall–Kier alpha value is -3.05. The molecule has 0 bridgehead atoms. The second kappa shape index (κ2) is 6.81. The van der Waals surface area contributed by atoms with Crippen LogP contribution >= 0.6 is 0 Å². The number of nitrogens with zero attached hydrogens (tertiary/aromatic N) is 4. The van der Waals surface area contributed by atoms with Gasteiger partial charge in [-0.05, 0) is 37.1 Å². The summed E-state index contributed by atoms with van der Waals surface area (Å²) in [6.07, 6.45) is 3.74. The average molecular weight is 303 g/mol. The van der Waals surface area contributed by atoms with Gasteiger partial charge in [0.15, 0.2) is 0 Å². The van der Waals surface area contributed by atoms with Crippen LogP contribution in [0, 0.1) is 22.7 Å². The van der Waals surface area contributed by atoms with Gasteiger partial charge in [0.2, 0.25) is 0 Å². The average Bonchev–Trinajstić information content (AvgIpc) is 2.62. The molecule has 23 heavy (non-hydrogen) atoms. The molecule has 0 aliphatic carbocycles. The number of para-hydroxylation sites is 1. The molecule has 1 aromatic heterocycles. The molecule has 0 saturated carbocycles. The molecule has 1 fully saturated rings. The predicted molar refractivity (Wildman–Crippen MR) is 89.0 cm³/mol. The molecular weight excluding hydrogens is 286 g/mol. The molecule has 5 heteroatoms. The lowest BCUT2D eigenvalue weighted by molar-refractivity contribution is 0.529. The number of anilines is 2. The highest BCUT2D eigenvalue weighted by molar-refractivity contribution is 5.59. The number of aromatic nitrogens is 1. The van der Waals surface area contributed by atoms with Crippen molar-refractivity contribution >= 4 is 11.5 Å². The Bertz CT molecular complexity index is 771. The summed E-state index contributed by atoms with van der Waals surface area (Å²) >= 11 is 0. The molecule has 1 N–H and O–H groups in total. The Kier molecular flexibility index (Phi) is 4.40. The topological polar surface area (TPSA) is 75.7 Å². The zero-order valence-electron chi connectivity index (χ0n) is 12.7. The largest absolute Gasteiger partial charge is 0.368 e. The van der Waals surface area contributed by atoms with Crippen molar-refractivity contribution in [2.45, 2.75) is 18.9 Å². The second-order valence-corrected chi connectivity index (χ2v) is 5.60. The second-order valence-electron chi connectivity index (χ2n) is 5.60. The van der Waals surface area contributed by atoms with Gasteiger partial charge < -0.3 is 10.2 Å². The third kappa shape index (κ3) is 3.41. The normalized spacial score (nSPS) is 17.1. The van der Waals surface area contributed by atoms with Crippen LogP contribution in [0.4, 0.5) is 11.5 Å². The highest BCUT2D eigenvalue weighted by atomic mass is 15.2. The minimum absolute atomic E-state index is 0.247. The van der Waals surface area contributed by atoms with E-state index in [1.165, 1.54) is 0 Å². The van der Waals surface area contributed by atoms with Gasteiger partial charge in [0.05, 0.1) is 22.9 Å². The number of benzene rings is 1. The maximum atomic E-state index is 9.27. The van der Waals surface area contributed by atoms with Crippen LogP contribution in [0.1, 0.15) is 24.0 Å². The fourth-order valence-corrected chi connectivity index (χ4v) is 2.95. The number of hydrogen-bond donors (Lipinski definition) is 1. The van der Waals surface area contributed by atoms with Crippen LogP contribution in [0.15, 0.2) is 42.6 Å². The van der Waals surface area contributed by atoms with Crippen LogP contribution < -0.4 is 10.2 Å². The fourth-order valence-electron chi connectivity index (χ4n) is 2.95. The summed E-state index contributed by atoms with van der Waals surface area (Å²) in [5.41, 5.74) is 2.29. The minimum atomic E-state index is 0.247. The van der Waals surface area contributed by atoms with Crippen molar-refractivity contribution in [3.05, 3.63) is 53.7 Å². The van der Waals surface area contributed by atoms with Crippen LogP contribution in [0.2, 0.25) is 0 Å². The number of pyridine rings is 1. The van der Waals surface area contributed by atoms with Gasteiger partial charge in [-0.15, -0.1) is 0 Å². The third-order valence-corrected chi connectivity index (χ3v) is 4.03. The first-order valence-electron chi connectivity index (χ1n) is 7.67. The van der Waals surface area contributed by atoms with Crippen molar-refractivity contribution < 1.29 is 0 Å². The monoisotopic (exact) mass is 303 g/mol. The van der Waals surface area contributed by atoms with E-state index in [2.05, 4.69) is 27.3 Å². The lowest BCUT2D eigenvalue weighted by atomic mass is 10.0. The molecule has 0 amide bonds. The van der Waals surface area contributed by atoms with E-state index in [1.54, 1.807) is 18.3 Å². The molecule has 1 aliphatic rings. The molecule has 1 atom stereocenters. The Balaban J connectivity index is 1.73. The Morgan fingerprint density at radius 3 is 2.87 bits per heavy atom. The molecule has 1 aromatic carbocycles. The van der Waals surface area contributed by atoms with Crippen molar-refractivity contribution in [1.82, 2.24) is 4.98 Å². The number of hydrogen-bond acceptors (Lipinski definition) is 5. The number of piperidine rings is 1. The molecule has 1 aliphatic heterocycles. The molecule has 2 aromatic rings. The summed E-state index contributed by atoms with van der Waals surface area (Å²) in [4.78, 5) is 6.52. The molecule has 1 unspecified atom stereocenters. The van der Waals surface area contributed by atoms with E-state index in [0.29, 0.717) is 11.1 Å². The van der Waals surface area contributed by atoms with Crippen molar-refractivity contribution in [3.8, 4) is 12.1 Å². The molecule has 5 nitrogen and oxygen atoms in total. The van der Waals surface area contributed by atoms with E-state index in [4.69, 9.17) is 5.26 Å². The van der Waals surface area contributed by atoms with Crippen LogP contribution in [0.25, 0.3) is 0 Å². The Labute approximate surface area is 135 Å². The lowest BCUT2D eigenvalue weighted by Crippen LogP contribution is -2.42. The van der Waals surface area contributed by atoms with Gasteiger partial charge in [-0.3, -0.25) is 0 Å². The van der Waals surface area contributed by atoms with Gasteiger partial charge in [-0.2, -0.15) is 10.5 Å². The predicted octanol–water partition coefficient (Wildman–Crippen LogP) is 2.91. The Morgan fingerprint density at radius 1 is 1.17 bits per heavy atom. The first-order valence-corrected chi connectivity index (χ1v) is 7.67. The smallest absolute Gasteiger partial charge is 0.127 e. The molecule has 2 heterocycles. The van der Waals surface area contributed by atoms with Gasteiger partial charge in [-0.1, -0.05) is 12.1 Å². The van der Waals surface area contributed by atoms with Crippen molar-refractivity contribution in [2.75, 3.05) is 23.3 Å². The standard InChI is InChI=1S/C18H17N5/c19-11-14-7-8-21-18(10-14)22-16-5-3-9-23(13-16)17-6-2-1-4-15(17)12-20/h1-2,4,6-8,10,16H,3,5,9,13H2,(H,21,22). The van der Waals surface area contributed by atoms with Crippen LogP contribution in [-0.2, 0) is 0 Å². The van der Waals surface area contributed by atoms with Gasteiger partial charge in [0, 0.05) is 25.3 Å². The van der Waals surface area contributed by atoms with Crippen LogP contribution in [0.3, 0.4) is 0 Å². The summed E-state index contributed by atoms with van der Waals surface area (Å²) in [5.74, 6) is 0.726. The molecule has 114 valence electrons. The summed E-state index contributed by atoms with van der Waals surface area (Å²) in [6, 6.07) is 15.8. The summed E-state index contributed by atoms with van der Waals surface area (Å²) in [7, 11) is 0. The van der Waals surface area contributed by atoms with E-state index in [0.717, 1.165) is 37.4 Å². The van der Waals surface area contributed by atoms with Crippen molar-refractivity contribution in [3.63, 3.8) is 0 Å². The van der Waals surface area contributed by atoms with E-state index < -0.39 is 0 Å². The van der Waals surface area contributed by atoms with Gasteiger partial charge >= 0.3 is 0 Å². The molecular formula is C18H17N5. The summed E-state index contributed by atoms with van der Waals surface area (Å²) < 4.78 is 0. The quantitative estimate of drug-likeness (QED) is 0.943. The highest BCUT2D eigenvalue weighted by Gasteiger charge is 2.22. The van der Waals surface area contributed by atoms with Gasteiger partial charge in [0.25, 0.3) is 0 Å². The third-order valence-electron chi connectivity index (χ3n) is 4.03. The van der Waals surface area contributed by atoms with Gasteiger partial charge in [0.1, 0.15) is 11.9 Å².